The Hall–Kier alpha value is -0.130. The zero-order valence-corrected chi connectivity index (χ0v) is 6.58. The summed E-state index contributed by atoms with van der Waals surface area (Å²) in [5.41, 5.74) is 5.72. The molecule has 0 aromatic carbocycles. The smallest absolute Gasteiger partial charge is 0.151 e. The molecule has 60 valence electrons. The van der Waals surface area contributed by atoms with Gasteiger partial charge in [0.05, 0.1) is 11.5 Å². The van der Waals surface area contributed by atoms with Crippen LogP contribution in [0, 0.1) is 0 Å². The first-order valence-electron chi connectivity index (χ1n) is 3.37. The lowest BCUT2D eigenvalue weighted by atomic mass is 10.5. The maximum Gasteiger partial charge on any atom is 0.151 e. The van der Waals surface area contributed by atoms with Gasteiger partial charge in [0.15, 0.2) is 9.84 Å². The summed E-state index contributed by atoms with van der Waals surface area (Å²) in [5, 5.41) is 0. The predicted octanol–water partition coefficient (Wildman–Crippen LogP) is -1.10. The monoisotopic (exact) mass is 164 g/mol. The van der Waals surface area contributed by atoms with Crippen molar-refractivity contribution >= 4 is 9.84 Å². The highest BCUT2D eigenvalue weighted by Crippen LogP contribution is 1.93. The third-order valence-corrected chi connectivity index (χ3v) is 3.16. The van der Waals surface area contributed by atoms with Crippen LogP contribution in [0.15, 0.2) is 0 Å². The van der Waals surface area contributed by atoms with Gasteiger partial charge in [-0.3, -0.25) is 10.9 Å². The molecule has 1 fully saturated rings. The van der Waals surface area contributed by atoms with Gasteiger partial charge in [-0.2, -0.15) is 0 Å². The van der Waals surface area contributed by atoms with E-state index in [4.69, 9.17) is 0 Å². The van der Waals surface area contributed by atoms with E-state index in [-0.39, 0.29) is 5.75 Å². The summed E-state index contributed by atoms with van der Waals surface area (Å²) < 4.78 is 21.9. The third-order valence-electron chi connectivity index (χ3n) is 1.42. The normalized spacial score (nSPS) is 26.8. The van der Waals surface area contributed by atoms with Gasteiger partial charge >= 0.3 is 0 Å². The highest BCUT2D eigenvalue weighted by molar-refractivity contribution is 7.91. The maximum absolute atomic E-state index is 11.0. The molecule has 5 heteroatoms. The largest absolute Gasteiger partial charge is 0.258 e. The van der Waals surface area contributed by atoms with Gasteiger partial charge in [-0.05, 0) is 6.42 Å². The van der Waals surface area contributed by atoms with Gasteiger partial charge in [0.2, 0.25) is 0 Å². The van der Waals surface area contributed by atoms with Crippen molar-refractivity contribution < 1.29 is 8.42 Å². The van der Waals surface area contributed by atoms with Crippen molar-refractivity contribution in [1.29, 1.82) is 0 Å². The van der Waals surface area contributed by atoms with Crippen molar-refractivity contribution in [2.24, 2.45) is 0 Å². The molecule has 0 bridgehead atoms. The Balaban J connectivity index is 2.46. The van der Waals surface area contributed by atoms with Crippen molar-refractivity contribution in [3.8, 4) is 0 Å². The van der Waals surface area contributed by atoms with Crippen molar-refractivity contribution in [3.63, 3.8) is 0 Å². The fraction of sp³-hybridized carbons (Fsp3) is 1.00. The molecule has 10 heavy (non-hydrogen) atoms. The number of hydrogen-bond acceptors (Lipinski definition) is 4. The number of hydrazine groups is 1. The molecule has 0 aliphatic carbocycles. The second kappa shape index (κ2) is 3.32. The molecule has 0 amide bonds. The van der Waals surface area contributed by atoms with Crippen molar-refractivity contribution in [1.82, 2.24) is 10.9 Å². The topological polar surface area (TPSA) is 58.2 Å². The molecule has 1 rings (SSSR count). The van der Waals surface area contributed by atoms with E-state index < -0.39 is 9.84 Å². The van der Waals surface area contributed by atoms with Gasteiger partial charge in [0.25, 0.3) is 0 Å². The van der Waals surface area contributed by atoms with Crippen molar-refractivity contribution in [2.75, 3.05) is 24.6 Å². The molecule has 0 saturated carbocycles. The van der Waals surface area contributed by atoms with Crippen LogP contribution in [0.1, 0.15) is 6.42 Å². The quantitative estimate of drug-likeness (QED) is 0.477. The van der Waals surface area contributed by atoms with Crippen LogP contribution in [0.25, 0.3) is 0 Å². The van der Waals surface area contributed by atoms with Gasteiger partial charge < -0.3 is 0 Å². The van der Waals surface area contributed by atoms with Crippen LogP contribution in [-0.4, -0.2) is 33.0 Å². The van der Waals surface area contributed by atoms with Gasteiger partial charge in [-0.25, -0.2) is 8.42 Å². The Bertz CT molecular complexity index is 174. The Morgan fingerprint density at radius 2 is 1.70 bits per heavy atom. The summed E-state index contributed by atoms with van der Waals surface area (Å²) in [7, 11) is -2.75. The lowest BCUT2D eigenvalue weighted by Gasteiger charge is -2.11. The molecular weight excluding hydrogens is 152 g/mol. The van der Waals surface area contributed by atoms with E-state index in [0.29, 0.717) is 18.7 Å². The van der Waals surface area contributed by atoms with Crippen LogP contribution in [0.3, 0.4) is 0 Å². The first kappa shape index (κ1) is 7.97. The van der Waals surface area contributed by atoms with Crippen LogP contribution >= 0.6 is 0 Å². The number of sulfone groups is 1. The summed E-state index contributed by atoms with van der Waals surface area (Å²) in [6.07, 6.45) is 0.704. The molecule has 4 nitrogen and oxygen atoms in total. The summed E-state index contributed by atoms with van der Waals surface area (Å²) >= 11 is 0. The van der Waals surface area contributed by atoms with E-state index in [1.54, 1.807) is 0 Å². The van der Waals surface area contributed by atoms with Crippen molar-refractivity contribution in [3.05, 3.63) is 0 Å². The molecule has 2 N–H and O–H groups in total. The van der Waals surface area contributed by atoms with Gasteiger partial charge in [-0.1, -0.05) is 0 Å². The highest BCUT2D eigenvalue weighted by atomic mass is 32.2. The minimum atomic E-state index is -2.75. The van der Waals surface area contributed by atoms with Crippen molar-refractivity contribution in [2.45, 2.75) is 6.42 Å². The highest BCUT2D eigenvalue weighted by Gasteiger charge is 2.11. The van der Waals surface area contributed by atoms with E-state index in [1.807, 2.05) is 0 Å². The first-order chi connectivity index (χ1) is 4.71. The molecule has 0 unspecified atom stereocenters. The Kier molecular flexibility index (Phi) is 2.64. The standard InChI is InChI=1S/C5H12N2O2S/c8-10(9)4-1-2-6-7-3-5-10/h6-7H,1-5H2. The second-order valence-corrected chi connectivity index (χ2v) is 4.66. The summed E-state index contributed by atoms with van der Waals surface area (Å²) in [5.74, 6) is 0.571. The molecule has 1 aliphatic heterocycles. The van der Waals surface area contributed by atoms with E-state index in [1.165, 1.54) is 0 Å². The zero-order chi connectivity index (χ0) is 7.45. The van der Waals surface area contributed by atoms with Gasteiger partial charge in [0, 0.05) is 13.1 Å². The number of nitrogens with one attached hydrogen (secondary N) is 2. The lowest BCUT2D eigenvalue weighted by molar-refractivity contribution is 0.522. The van der Waals surface area contributed by atoms with E-state index in [0.717, 1.165) is 6.54 Å². The van der Waals surface area contributed by atoms with Gasteiger partial charge in [0.1, 0.15) is 0 Å². The minimum absolute atomic E-state index is 0.250. The van der Waals surface area contributed by atoms with Crippen LogP contribution in [-0.2, 0) is 9.84 Å². The summed E-state index contributed by atoms with van der Waals surface area (Å²) in [6.45, 7) is 1.25. The molecule has 0 atom stereocenters. The van der Waals surface area contributed by atoms with E-state index in [2.05, 4.69) is 10.9 Å². The molecule has 0 aromatic heterocycles. The summed E-state index contributed by atoms with van der Waals surface area (Å²) in [6, 6.07) is 0. The Morgan fingerprint density at radius 1 is 1.00 bits per heavy atom. The molecule has 1 saturated heterocycles. The molecule has 0 radical (unpaired) electrons. The fourth-order valence-electron chi connectivity index (χ4n) is 0.866. The molecule has 0 spiro atoms. The Labute approximate surface area is 60.9 Å². The van der Waals surface area contributed by atoms with Gasteiger partial charge in [-0.15, -0.1) is 0 Å². The number of rotatable bonds is 0. The van der Waals surface area contributed by atoms with E-state index >= 15 is 0 Å². The number of hydrogen-bond donors (Lipinski definition) is 2. The third kappa shape index (κ3) is 2.64. The van der Waals surface area contributed by atoms with Crippen LogP contribution < -0.4 is 10.9 Å². The zero-order valence-electron chi connectivity index (χ0n) is 5.76. The van der Waals surface area contributed by atoms with Crippen LogP contribution in [0.4, 0.5) is 0 Å². The SMILES string of the molecule is O=S1(=O)CCCNNCC1. The predicted molar refractivity (Wildman–Crippen MR) is 39.3 cm³/mol. The lowest BCUT2D eigenvalue weighted by Crippen LogP contribution is -2.39. The first-order valence-corrected chi connectivity index (χ1v) is 5.19. The summed E-state index contributed by atoms with van der Waals surface area (Å²) in [4.78, 5) is 0. The second-order valence-electron chi connectivity index (χ2n) is 2.36. The average molecular weight is 164 g/mol. The average Bonchev–Trinajstić information content (AvgIpc) is 1.81. The van der Waals surface area contributed by atoms with E-state index in [9.17, 15) is 8.42 Å². The molecular formula is C5H12N2O2S. The Morgan fingerprint density at radius 3 is 2.50 bits per heavy atom. The minimum Gasteiger partial charge on any atom is -0.258 e. The maximum atomic E-state index is 11.0. The van der Waals surface area contributed by atoms with Crippen LogP contribution in [0.2, 0.25) is 0 Å². The molecule has 1 aliphatic rings. The molecule has 1 heterocycles. The molecule has 0 aromatic rings. The fourth-order valence-corrected chi connectivity index (χ4v) is 2.07. The van der Waals surface area contributed by atoms with Crippen LogP contribution in [0.5, 0.6) is 0 Å².